The fourth-order valence-corrected chi connectivity index (χ4v) is 5.61. The number of carbonyl (C=O) groups is 2. The Bertz CT molecular complexity index is 1470. The highest BCUT2D eigenvalue weighted by molar-refractivity contribution is 6.35. The molecule has 0 atom stereocenters. The van der Waals surface area contributed by atoms with Gasteiger partial charge in [0.15, 0.2) is 0 Å². The molecule has 1 saturated carbocycles. The number of H-pyrrole nitrogens is 1. The smallest absolute Gasteiger partial charge is 0.270 e. The molecule has 1 aliphatic rings. The molecule has 5 rings (SSSR count). The third kappa shape index (κ3) is 7.86. The summed E-state index contributed by atoms with van der Waals surface area (Å²) < 4.78 is 5.79. The van der Waals surface area contributed by atoms with E-state index in [1.54, 1.807) is 35.2 Å². The molecule has 1 fully saturated rings. The first-order valence-electron chi connectivity index (χ1n) is 14.1. The predicted molar refractivity (Wildman–Crippen MR) is 163 cm³/mol. The van der Waals surface area contributed by atoms with E-state index in [1.165, 1.54) is 37.7 Å². The third-order valence-electron chi connectivity index (χ3n) is 7.40. The topological polar surface area (TPSA) is 113 Å². The van der Waals surface area contributed by atoms with Gasteiger partial charge in [0, 0.05) is 22.7 Å². The van der Waals surface area contributed by atoms with Crippen LogP contribution in [0.3, 0.4) is 0 Å². The van der Waals surface area contributed by atoms with Crippen LogP contribution in [-0.2, 0) is 11.3 Å². The molecule has 42 heavy (non-hydrogen) atoms. The maximum absolute atomic E-state index is 13.6. The molecular weight excluding hydrogens is 575 g/mol. The predicted octanol–water partition coefficient (Wildman–Crippen LogP) is 7.20. The number of amides is 2. The Morgan fingerprint density at radius 1 is 0.976 bits per heavy atom. The van der Waals surface area contributed by atoms with Crippen LogP contribution in [0.1, 0.15) is 72.3 Å². The van der Waals surface area contributed by atoms with Crippen molar-refractivity contribution in [2.45, 2.75) is 57.4 Å². The number of tetrazole rings is 1. The minimum absolute atomic E-state index is 0.0230. The van der Waals surface area contributed by atoms with Crippen LogP contribution in [0, 0.1) is 0 Å². The van der Waals surface area contributed by atoms with E-state index in [0.717, 1.165) is 11.3 Å². The highest BCUT2D eigenvalue weighted by atomic mass is 35.5. The monoisotopic (exact) mass is 606 g/mol. The summed E-state index contributed by atoms with van der Waals surface area (Å²) in [5.41, 5.74) is 3.49. The van der Waals surface area contributed by atoms with Gasteiger partial charge >= 0.3 is 0 Å². The molecule has 9 nitrogen and oxygen atoms in total. The van der Waals surface area contributed by atoms with Crippen molar-refractivity contribution in [2.24, 2.45) is 0 Å². The molecule has 0 aliphatic heterocycles. The van der Waals surface area contributed by atoms with E-state index in [9.17, 15) is 9.59 Å². The number of benzene rings is 3. The van der Waals surface area contributed by atoms with Crippen molar-refractivity contribution in [1.29, 1.82) is 0 Å². The molecule has 1 aliphatic carbocycles. The van der Waals surface area contributed by atoms with Gasteiger partial charge < -0.3 is 9.64 Å². The molecule has 2 N–H and O–H groups in total. The Labute approximate surface area is 254 Å². The largest absolute Gasteiger partial charge is 0.492 e. The summed E-state index contributed by atoms with van der Waals surface area (Å²) in [6.07, 6.45) is 7.08. The third-order valence-corrected chi connectivity index (χ3v) is 7.93. The highest BCUT2D eigenvalue weighted by Gasteiger charge is 2.19. The number of rotatable bonds is 11. The Morgan fingerprint density at radius 3 is 2.43 bits per heavy atom. The number of aromatic nitrogens is 4. The van der Waals surface area contributed by atoms with Crippen LogP contribution >= 0.6 is 23.2 Å². The minimum Gasteiger partial charge on any atom is -0.492 e. The van der Waals surface area contributed by atoms with E-state index >= 15 is 0 Å². The Balaban J connectivity index is 1.26. The van der Waals surface area contributed by atoms with Crippen molar-refractivity contribution < 1.29 is 14.3 Å². The average Bonchev–Trinajstić information content (AvgIpc) is 3.53. The molecule has 1 heterocycles. The Morgan fingerprint density at radius 2 is 1.74 bits per heavy atom. The van der Waals surface area contributed by atoms with Crippen molar-refractivity contribution >= 4 is 46.7 Å². The van der Waals surface area contributed by atoms with E-state index in [1.807, 2.05) is 24.3 Å². The number of hydrogen-bond acceptors (Lipinski definition) is 6. The van der Waals surface area contributed by atoms with Gasteiger partial charge in [-0.1, -0.05) is 71.8 Å². The normalized spacial score (nSPS) is 13.5. The summed E-state index contributed by atoms with van der Waals surface area (Å²) in [6.45, 7) is 0.698. The minimum atomic E-state index is -0.352. The zero-order valence-electron chi connectivity index (χ0n) is 23.1. The van der Waals surface area contributed by atoms with Crippen molar-refractivity contribution in [3.63, 3.8) is 0 Å². The molecule has 11 heteroatoms. The summed E-state index contributed by atoms with van der Waals surface area (Å²) in [5, 5.41) is 16.8. The molecule has 0 unspecified atom stereocenters. The van der Waals surface area contributed by atoms with Crippen molar-refractivity contribution in [1.82, 2.24) is 20.6 Å². The van der Waals surface area contributed by atoms with Gasteiger partial charge in [-0.05, 0) is 84.0 Å². The molecule has 0 bridgehead atoms. The summed E-state index contributed by atoms with van der Waals surface area (Å²) in [7, 11) is 0. The van der Waals surface area contributed by atoms with Crippen LogP contribution in [0.2, 0.25) is 10.0 Å². The van der Waals surface area contributed by atoms with Crippen molar-refractivity contribution in [3.05, 3.63) is 93.5 Å². The number of anilines is 2. The van der Waals surface area contributed by atoms with Gasteiger partial charge in [0.2, 0.25) is 5.91 Å². The molecule has 4 aromatic rings. The zero-order valence-corrected chi connectivity index (χ0v) is 24.6. The van der Waals surface area contributed by atoms with Crippen LogP contribution in [0.5, 0.6) is 5.75 Å². The van der Waals surface area contributed by atoms with Crippen LogP contribution < -0.4 is 15.0 Å². The zero-order chi connectivity index (χ0) is 29.3. The quantitative estimate of drug-likeness (QED) is 0.174. The number of aromatic amines is 1. The van der Waals surface area contributed by atoms with Gasteiger partial charge in [-0.15, -0.1) is 5.10 Å². The van der Waals surface area contributed by atoms with E-state index in [2.05, 4.69) is 38.1 Å². The van der Waals surface area contributed by atoms with E-state index in [0.29, 0.717) is 53.3 Å². The van der Waals surface area contributed by atoms with Gasteiger partial charge in [0.05, 0.1) is 18.2 Å². The van der Waals surface area contributed by atoms with Gasteiger partial charge in [0.1, 0.15) is 5.75 Å². The van der Waals surface area contributed by atoms with E-state index in [-0.39, 0.29) is 17.8 Å². The fourth-order valence-electron chi connectivity index (χ4n) is 5.15. The van der Waals surface area contributed by atoms with E-state index < -0.39 is 0 Å². The SMILES string of the molecule is O=C(Nc1nn[nH]n1)c1ccc(CN(C(=O)CCCOc2ccc(Cl)cc2Cl)c2ccc(C3CCCCC3)cc2)cc1. The van der Waals surface area contributed by atoms with Crippen LogP contribution in [-0.4, -0.2) is 39.0 Å². The number of hydrogen-bond donors (Lipinski definition) is 2. The second-order valence-electron chi connectivity index (χ2n) is 10.3. The first kappa shape index (κ1) is 29.5. The number of carbonyl (C=O) groups excluding carboxylic acids is 2. The molecule has 2 amide bonds. The van der Waals surface area contributed by atoms with Crippen LogP contribution in [0.25, 0.3) is 0 Å². The number of ether oxygens (including phenoxy) is 1. The van der Waals surface area contributed by atoms with Crippen molar-refractivity contribution in [2.75, 3.05) is 16.8 Å². The van der Waals surface area contributed by atoms with Crippen molar-refractivity contribution in [3.8, 4) is 5.75 Å². The molecule has 1 aromatic heterocycles. The highest BCUT2D eigenvalue weighted by Crippen LogP contribution is 2.34. The Kier molecular flexibility index (Phi) is 10.0. The number of nitrogens with zero attached hydrogens (tertiary/aromatic N) is 4. The summed E-state index contributed by atoms with van der Waals surface area (Å²) in [4.78, 5) is 27.8. The Hall–Kier alpha value is -3.95. The standard InChI is InChI=1S/C31H32Cl2N6O3/c32-25-14-17-28(27(33)19-25)42-18-4-7-29(40)39(26-15-12-23(13-16-26)22-5-2-1-3-6-22)20-21-8-10-24(11-9-21)30(41)34-31-35-37-38-36-31/h8-17,19,22H,1-7,18,20H2,(H2,34,35,36,37,38,41). The van der Waals surface area contributed by atoms with E-state index in [4.69, 9.17) is 27.9 Å². The molecule has 0 spiro atoms. The molecule has 3 aromatic carbocycles. The second kappa shape index (κ2) is 14.3. The fraction of sp³-hybridized carbons (Fsp3) is 0.323. The molecule has 0 radical (unpaired) electrons. The summed E-state index contributed by atoms with van der Waals surface area (Å²) in [5.74, 6) is 0.840. The lowest BCUT2D eigenvalue weighted by Gasteiger charge is -2.25. The molecular formula is C31H32Cl2N6O3. The lowest BCUT2D eigenvalue weighted by Crippen LogP contribution is -2.30. The van der Waals surface area contributed by atoms with Gasteiger partial charge in [-0.3, -0.25) is 14.9 Å². The lowest BCUT2D eigenvalue weighted by atomic mass is 9.84. The first-order valence-corrected chi connectivity index (χ1v) is 14.8. The van der Waals surface area contributed by atoms with Gasteiger partial charge in [-0.25, -0.2) is 0 Å². The number of nitrogens with one attached hydrogen (secondary N) is 2. The lowest BCUT2D eigenvalue weighted by molar-refractivity contribution is -0.119. The van der Waals surface area contributed by atoms with Gasteiger partial charge in [-0.2, -0.15) is 5.21 Å². The maximum atomic E-state index is 13.6. The van der Waals surface area contributed by atoms with Crippen LogP contribution in [0.4, 0.5) is 11.6 Å². The first-order chi connectivity index (χ1) is 20.5. The maximum Gasteiger partial charge on any atom is 0.270 e. The van der Waals surface area contributed by atoms with Gasteiger partial charge in [0.25, 0.3) is 11.9 Å². The molecule has 0 saturated heterocycles. The number of halogens is 2. The van der Waals surface area contributed by atoms with Crippen LogP contribution in [0.15, 0.2) is 66.7 Å². The second-order valence-corrected chi connectivity index (χ2v) is 11.2. The summed E-state index contributed by atoms with van der Waals surface area (Å²) >= 11 is 12.2. The average molecular weight is 608 g/mol. The summed E-state index contributed by atoms with van der Waals surface area (Å²) in [6, 6.07) is 20.6. The molecule has 218 valence electrons.